The highest BCUT2D eigenvalue weighted by molar-refractivity contribution is 7.92. The van der Waals surface area contributed by atoms with Gasteiger partial charge in [0.25, 0.3) is 15.9 Å². The molecule has 4 aromatic rings. The molecule has 1 aliphatic carbocycles. The number of sulfonamides is 1. The maximum Gasteiger partial charge on any atom is 0.416 e. The number of nitrogens with one attached hydrogen (secondary N) is 1. The van der Waals surface area contributed by atoms with Gasteiger partial charge < -0.3 is 0 Å². The number of carbonyl (C=O) groups excluding carboxylic acids is 1. The zero-order chi connectivity index (χ0) is 32.6. The van der Waals surface area contributed by atoms with E-state index in [0.29, 0.717) is 30.2 Å². The van der Waals surface area contributed by atoms with Crippen molar-refractivity contribution < 1.29 is 35.2 Å². The number of alkyl halides is 3. The first kappa shape index (κ1) is 31.2. The second kappa shape index (κ2) is 12.2. The molecule has 46 heavy (non-hydrogen) atoms. The van der Waals surface area contributed by atoms with E-state index in [4.69, 9.17) is 5.10 Å². The van der Waals surface area contributed by atoms with Crippen LogP contribution in [0.1, 0.15) is 52.4 Å². The number of benzene rings is 4. The number of rotatable bonds is 6. The SMILES string of the molecule is O=C(c1cccc(S(=O)(=O)Nc2cccc(C(F)(F)F)c2)c1)N1N=C2/C(=C/c3ccc(F)cc3)CCC[C@@H]2[C@H]1c1ccc(F)cc1. The lowest BCUT2D eigenvalue weighted by atomic mass is 9.77. The Hall–Kier alpha value is -4.84. The predicted octanol–water partition coefficient (Wildman–Crippen LogP) is 8.22. The highest BCUT2D eigenvalue weighted by atomic mass is 32.2. The van der Waals surface area contributed by atoms with E-state index in [2.05, 4.69) is 4.72 Å². The third-order valence-corrected chi connectivity index (χ3v) is 9.34. The molecule has 1 saturated carbocycles. The minimum Gasteiger partial charge on any atom is -0.280 e. The minimum atomic E-state index is -4.67. The molecule has 0 saturated heterocycles. The fraction of sp³-hybridized carbons (Fsp3) is 0.176. The number of hydrazone groups is 1. The average Bonchev–Trinajstić information content (AvgIpc) is 3.42. The minimum absolute atomic E-state index is 0.0221. The van der Waals surface area contributed by atoms with Crippen LogP contribution < -0.4 is 4.72 Å². The molecule has 6 nitrogen and oxygen atoms in total. The molecule has 0 unspecified atom stereocenters. The number of halogens is 5. The standard InChI is InChI=1S/C34H26F5N3O3S/c35-26-14-10-21(11-15-26)18-23-4-2-9-30-31(23)40-42(32(30)22-12-16-27(36)17-13-22)33(43)24-5-1-8-29(19-24)46(44,45)41-28-7-3-6-25(20-28)34(37,38)39/h1,3,5-8,10-20,30,32,41H,2,4,9H2/b23-18+/t30-,32+/m0/s1. The Morgan fingerprint density at radius 1 is 0.891 bits per heavy atom. The molecule has 0 aromatic heterocycles. The van der Waals surface area contributed by atoms with Crippen LogP contribution in [0, 0.1) is 17.6 Å². The first-order chi connectivity index (χ1) is 21.9. The molecule has 1 aliphatic heterocycles. The van der Waals surface area contributed by atoms with Crippen molar-refractivity contribution in [3.8, 4) is 0 Å². The van der Waals surface area contributed by atoms with Gasteiger partial charge in [0, 0.05) is 17.2 Å². The van der Waals surface area contributed by atoms with Gasteiger partial charge in [0.1, 0.15) is 11.6 Å². The van der Waals surface area contributed by atoms with Gasteiger partial charge in [-0.25, -0.2) is 22.2 Å². The van der Waals surface area contributed by atoms with Crippen LogP contribution in [-0.4, -0.2) is 25.0 Å². The lowest BCUT2D eigenvalue weighted by molar-refractivity contribution is -0.137. The Morgan fingerprint density at radius 3 is 2.26 bits per heavy atom. The Labute approximate surface area is 261 Å². The Balaban J connectivity index is 1.35. The van der Waals surface area contributed by atoms with E-state index in [1.807, 2.05) is 6.08 Å². The summed E-state index contributed by atoms with van der Waals surface area (Å²) in [5.41, 5.74) is 1.58. The molecule has 0 spiro atoms. The third kappa shape index (κ3) is 6.43. The lowest BCUT2D eigenvalue weighted by Crippen LogP contribution is -2.32. The molecule has 4 aromatic carbocycles. The number of carbonyl (C=O) groups is 1. The van der Waals surface area contributed by atoms with Crippen LogP contribution in [0.3, 0.4) is 0 Å². The monoisotopic (exact) mass is 651 g/mol. The van der Waals surface area contributed by atoms with Gasteiger partial charge in [0.2, 0.25) is 0 Å². The number of anilines is 1. The summed E-state index contributed by atoms with van der Waals surface area (Å²) in [4.78, 5) is 13.7. The van der Waals surface area contributed by atoms with Crippen molar-refractivity contribution in [3.05, 3.63) is 137 Å². The Bertz CT molecular complexity index is 1960. The summed E-state index contributed by atoms with van der Waals surface area (Å²) in [6.07, 6.45) is -0.643. The number of allylic oxidation sites excluding steroid dienone is 1. The van der Waals surface area contributed by atoms with E-state index in [-0.39, 0.29) is 27.9 Å². The van der Waals surface area contributed by atoms with Crippen LogP contribution in [0.5, 0.6) is 0 Å². The van der Waals surface area contributed by atoms with Gasteiger partial charge in [-0.15, -0.1) is 0 Å². The number of hydrogen-bond acceptors (Lipinski definition) is 4. The van der Waals surface area contributed by atoms with Crippen molar-refractivity contribution in [1.29, 1.82) is 0 Å². The zero-order valence-electron chi connectivity index (χ0n) is 24.0. The lowest BCUT2D eigenvalue weighted by Gasteiger charge is -2.29. The van der Waals surface area contributed by atoms with Crippen LogP contribution in [-0.2, 0) is 16.2 Å². The van der Waals surface area contributed by atoms with Gasteiger partial charge in [-0.1, -0.05) is 36.4 Å². The summed E-state index contributed by atoms with van der Waals surface area (Å²) in [6.45, 7) is 0. The second-order valence-electron chi connectivity index (χ2n) is 11.1. The molecule has 1 heterocycles. The fourth-order valence-electron chi connectivity index (χ4n) is 5.82. The first-order valence-electron chi connectivity index (χ1n) is 14.3. The van der Waals surface area contributed by atoms with E-state index in [0.717, 1.165) is 35.8 Å². The predicted molar refractivity (Wildman–Crippen MR) is 163 cm³/mol. The van der Waals surface area contributed by atoms with Gasteiger partial charge in [-0.3, -0.25) is 9.52 Å². The van der Waals surface area contributed by atoms with Crippen LogP contribution in [0.25, 0.3) is 6.08 Å². The summed E-state index contributed by atoms with van der Waals surface area (Å²) in [6, 6.07) is 20.0. The van der Waals surface area contributed by atoms with Gasteiger partial charge in [-0.05, 0) is 103 Å². The maximum atomic E-state index is 14.1. The average molecular weight is 652 g/mol. The van der Waals surface area contributed by atoms with E-state index in [1.54, 1.807) is 24.3 Å². The molecule has 1 N–H and O–H groups in total. The van der Waals surface area contributed by atoms with Crippen molar-refractivity contribution in [2.75, 3.05) is 4.72 Å². The first-order valence-corrected chi connectivity index (χ1v) is 15.8. The summed E-state index contributed by atoms with van der Waals surface area (Å²) in [5.74, 6) is -1.69. The van der Waals surface area contributed by atoms with E-state index in [1.165, 1.54) is 53.5 Å². The Morgan fingerprint density at radius 2 is 1.57 bits per heavy atom. The van der Waals surface area contributed by atoms with Crippen LogP contribution in [0.15, 0.2) is 113 Å². The van der Waals surface area contributed by atoms with Gasteiger partial charge in [-0.2, -0.15) is 18.3 Å². The van der Waals surface area contributed by atoms with Gasteiger partial charge in [0.15, 0.2) is 0 Å². The molecule has 12 heteroatoms. The number of nitrogens with zero attached hydrogens (tertiary/aromatic N) is 2. The molecule has 1 fully saturated rings. The molecule has 0 bridgehead atoms. The van der Waals surface area contributed by atoms with Crippen molar-refractivity contribution in [1.82, 2.24) is 5.01 Å². The smallest absolute Gasteiger partial charge is 0.280 e. The van der Waals surface area contributed by atoms with Gasteiger partial charge in [0.05, 0.1) is 22.2 Å². The van der Waals surface area contributed by atoms with Crippen LogP contribution in [0.2, 0.25) is 0 Å². The normalized spacial score (nSPS) is 19.1. The van der Waals surface area contributed by atoms with Crippen LogP contribution in [0.4, 0.5) is 27.6 Å². The fourth-order valence-corrected chi connectivity index (χ4v) is 6.92. The van der Waals surface area contributed by atoms with E-state index < -0.39 is 39.5 Å². The highest BCUT2D eigenvalue weighted by Gasteiger charge is 2.44. The van der Waals surface area contributed by atoms with Gasteiger partial charge >= 0.3 is 6.18 Å². The molecular weight excluding hydrogens is 625 g/mol. The van der Waals surface area contributed by atoms with E-state index in [9.17, 15) is 35.2 Å². The zero-order valence-corrected chi connectivity index (χ0v) is 24.8. The van der Waals surface area contributed by atoms with E-state index >= 15 is 0 Å². The van der Waals surface area contributed by atoms with Crippen molar-refractivity contribution >= 4 is 33.4 Å². The maximum absolute atomic E-state index is 14.1. The largest absolute Gasteiger partial charge is 0.416 e. The molecule has 2 aliphatic rings. The Kier molecular flexibility index (Phi) is 8.24. The molecule has 236 valence electrons. The van der Waals surface area contributed by atoms with Crippen molar-refractivity contribution in [2.24, 2.45) is 11.0 Å². The topological polar surface area (TPSA) is 78.8 Å². The van der Waals surface area contributed by atoms with Crippen molar-refractivity contribution in [2.45, 2.75) is 36.4 Å². The van der Waals surface area contributed by atoms with Crippen molar-refractivity contribution in [3.63, 3.8) is 0 Å². The quantitative estimate of drug-likeness (QED) is 0.214. The highest BCUT2D eigenvalue weighted by Crippen LogP contribution is 2.45. The van der Waals surface area contributed by atoms with Crippen LogP contribution >= 0.6 is 0 Å². The number of fused-ring (bicyclic) bond motifs is 1. The molecule has 2 atom stereocenters. The summed E-state index contributed by atoms with van der Waals surface area (Å²) < 4.78 is 95.5. The number of hydrogen-bond donors (Lipinski definition) is 1. The summed E-state index contributed by atoms with van der Waals surface area (Å²) in [7, 11) is -4.39. The molecular formula is C34H26F5N3O3S. The summed E-state index contributed by atoms with van der Waals surface area (Å²) in [5, 5.41) is 6.03. The molecule has 0 radical (unpaired) electrons. The molecule has 6 rings (SSSR count). The summed E-state index contributed by atoms with van der Waals surface area (Å²) >= 11 is 0. The number of amides is 1. The molecule has 1 amide bonds. The third-order valence-electron chi connectivity index (χ3n) is 7.97. The second-order valence-corrected chi connectivity index (χ2v) is 12.7.